The highest BCUT2D eigenvalue weighted by Gasteiger charge is 2.33. The van der Waals surface area contributed by atoms with Crippen LogP contribution >= 0.6 is 0 Å². The van der Waals surface area contributed by atoms with Gasteiger partial charge in [-0.3, -0.25) is 9.69 Å². The van der Waals surface area contributed by atoms with Crippen LogP contribution in [-0.4, -0.2) is 33.6 Å². The number of hydrogen-bond donors (Lipinski definition) is 1. The molecule has 0 aliphatic carbocycles. The number of aliphatic carboxylic acids is 1. The summed E-state index contributed by atoms with van der Waals surface area (Å²) in [6.07, 6.45) is 2.18. The number of hydrogen-bond acceptors (Lipinski definition) is 2. The fourth-order valence-corrected chi connectivity index (χ4v) is 3.36. The van der Waals surface area contributed by atoms with E-state index in [2.05, 4.69) is 15.5 Å². The summed E-state index contributed by atoms with van der Waals surface area (Å²) < 4.78 is 2.09. The Labute approximate surface area is 118 Å². The van der Waals surface area contributed by atoms with Crippen LogP contribution in [0.15, 0.2) is 24.3 Å². The average molecular weight is 272 g/mol. The van der Waals surface area contributed by atoms with Crippen LogP contribution in [0.2, 0.25) is 0 Å². The predicted octanol–water partition coefficient (Wildman–Crippen LogP) is 2.71. The molecule has 0 radical (unpaired) electrons. The number of rotatable bonds is 3. The van der Waals surface area contributed by atoms with E-state index < -0.39 is 12.0 Å². The lowest BCUT2D eigenvalue weighted by molar-refractivity contribution is -0.143. The fraction of sp³-hybridized carbons (Fsp3) is 0.438. The van der Waals surface area contributed by atoms with E-state index in [1.54, 1.807) is 0 Å². The quantitative estimate of drug-likeness (QED) is 0.934. The first-order chi connectivity index (χ1) is 9.61. The highest BCUT2D eigenvalue weighted by atomic mass is 16.4. The van der Waals surface area contributed by atoms with E-state index in [9.17, 15) is 9.90 Å². The lowest BCUT2D eigenvalue weighted by atomic mass is 10.0. The third-order valence-electron chi connectivity index (χ3n) is 4.46. The molecule has 1 saturated heterocycles. The second-order valence-electron chi connectivity index (χ2n) is 5.56. The van der Waals surface area contributed by atoms with Gasteiger partial charge >= 0.3 is 5.97 Å². The summed E-state index contributed by atoms with van der Waals surface area (Å²) in [5.74, 6) is -0.744. The molecule has 1 aliphatic rings. The highest BCUT2D eigenvalue weighted by molar-refractivity contribution is 5.91. The Morgan fingerprint density at radius 3 is 2.55 bits per heavy atom. The number of likely N-dealkylation sites (tertiary alicyclic amines) is 1. The molecule has 3 rings (SSSR count). The Morgan fingerprint density at radius 1 is 1.25 bits per heavy atom. The molecule has 4 heteroatoms. The smallest absolute Gasteiger partial charge is 0.325 e. The molecule has 4 nitrogen and oxygen atoms in total. The predicted molar refractivity (Wildman–Crippen MR) is 78.8 cm³/mol. The van der Waals surface area contributed by atoms with E-state index in [1.807, 2.05) is 32.2 Å². The molecule has 0 amide bonds. The van der Waals surface area contributed by atoms with Gasteiger partial charge in [-0.25, -0.2) is 0 Å². The van der Waals surface area contributed by atoms with Gasteiger partial charge in [-0.15, -0.1) is 0 Å². The van der Waals surface area contributed by atoms with Gasteiger partial charge in [-0.2, -0.15) is 0 Å². The van der Waals surface area contributed by atoms with E-state index in [4.69, 9.17) is 0 Å². The zero-order valence-electron chi connectivity index (χ0n) is 12.0. The second-order valence-corrected chi connectivity index (χ2v) is 5.56. The summed E-state index contributed by atoms with van der Waals surface area (Å²) in [6.45, 7) is 3.76. The molecule has 1 N–H and O–H groups in total. The fourth-order valence-electron chi connectivity index (χ4n) is 3.36. The highest BCUT2D eigenvalue weighted by Crippen LogP contribution is 2.34. The summed E-state index contributed by atoms with van der Waals surface area (Å²) in [6, 6.07) is 7.53. The van der Waals surface area contributed by atoms with E-state index in [0.717, 1.165) is 48.1 Å². The number of carbonyl (C=O) groups is 1. The van der Waals surface area contributed by atoms with Gasteiger partial charge in [0.05, 0.1) is 0 Å². The molecular formula is C16H20N2O2. The summed E-state index contributed by atoms with van der Waals surface area (Å²) in [4.78, 5) is 13.9. The van der Waals surface area contributed by atoms with Crippen LogP contribution in [0.1, 0.15) is 30.1 Å². The topological polar surface area (TPSA) is 45.5 Å². The summed E-state index contributed by atoms with van der Waals surface area (Å²) >= 11 is 0. The molecule has 2 aromatic rings. The maximum atomic E-state index is 11.8. The number of para-hydroxylation sites is 1. The van der Waals surface area contributed by atoms with Crippen LogP contribution in [-0.2, 0) is 11.8 Å². The molecule has 0 saturated carbocycles. The molecule has 0 spiro atoms. The first-order valence-corrected chi connectivity index (χ1v) is 7.12. The Kier molecular flexibility index (Phi) is 3.26. The van der Waals surface area contributed by atoms with Gasteiger partial charge in [0, 0.05) is 29.2 Å². The van der Waals surface area contributed by atoms with Gasteiger partial charge in [0.15, 0.2) is 0 Å². The van der Waals surface area contributed by atoms with Crippen molar-refractivity contribution in [2.45, 2.75) is 25.8 Å². The zero-order valence-corrected chi connectivity index (χ0v) is 12.0. The first-order valence-electron chi connectivity index (χ1n) is 7.12. The van der Waals surface area contributed by atoms with Crippen molar-refractivity contribution in [2.75, 3.05) is 13.1 Å². The van der Waals surface area contributed by atoms with Crippen LogP contribution in [0, 0.1) is 6.92 Å². The van der Waals surface area contributed by atoms with Crippen molar-refractivity contribution < 1.29 is 9.90 Å². The Balaban J connectivity index is 2.20. The van der Waals surface area contributed by atoms with E-state index in [1.165, 1.54) is 0 Å². The maximum Gasteiger partial charge on any atom is 0.325 e. The summed E-state index contributed by atoms with van der Waals surface area (Å²) in [7, 11) is 2.00. The standard InChI is InChI=1S/C16H20N2O2/c1-11-14(12-7-3-4-8-13(12)17(11)2)15(16(19)20)18-9-5-6-10-18/h3-4,7-8,15H,5-6,9-10H2,1-2H3,(H,19,20). The molecule has 1 aromatic heterocycles. The third-order valence-corrected chi connectivity index (χ3v) is 4.46. The monoisotopic (exact) mass is 272 g/mol. The van der Waals surface area contributed by atoms with Crippen molar-refractivity contribution >= 4 is 16.9 Å². The molecule has 1 aliphatic heterocycles. The molecule has 1 aromatic carbocycles. The first kappa shape index (κ1) is 13.2. The molecular weight excluding hydrogens is 252 g/mol. The lowest BCUT2D eigenvalue weighted by Crippen LogP contribution is -2.32. The van der Waals surface area contributed by atoms with Crippen molar-refractivity contribution in [3.8, 4) is 0 Å². The van der Waals surface area contributed by atoms with Gasteiger partial charge in [-0.05, 0) is 38.9 Å². The van der Waals surface area contributed by atoms with E-state index >= 15 is 0 Å². The van der Waals surface area contributed by atoms with Gasteiger partial charge in [0.25, 0.3) is 0 Å². The SMILES string of the molecule is Cc1c(C(C(=O)O)N2CCCC2)c2ccccc2n1C. The van der Waals surface area contributed by atoms with Crippen LogP contribution in [0.3, 0.4) is 0 Å². The normalized spacial score (nSPS) is 17.7. The van der Waals surface area contributed by atoms with Gasteiger partial charge in [0.2, 0.25) is 0 Å². The van der Waals surface area contributed by atoms with Crippen molar-refractivity contribution in [2.24, 2.45) is 7.05 Å². The maximum absolute atomic E-state index is 11.8. The van der Waals surface area contributed by atoms with Crippen molar-refractivity contribution in [3.63, 3.8) is 0 Å². The molecule has 1 unspecified atom stereocenters. The van der Waals surface area contributed by atoms with E-state index in [0.29, 0.717) is 0 Å². The molecule has 20 heavy (non-hydrogen) atoms. The van der Waals surface area contributed by atoms with Gasteiger partial charge < -0.3 is 9.67 Å². The minimum absolute atomic E-state index is 0.524. The van der Waals surface area contributed by atoms with Crippen molar-refractivity contribution in [1.29, 1.82) is 0 Å². The molecule has 2 heterocycles. The second kappa shape index (κ2) is 4.94. The van der Waals surface area contributed by atoms with Crippen LogP contribution in [0.25, 0.3) is 10.9 Å². The average Bonchev–Trinajstić information content (AvgIpc) is 3.03. The summed E-state index contributed by atoms with van der Waals surface area (Å²) in [5, 5.41) is 10.8. The number of aromatic nitrogens is 1. The number of benzene rings is 1. The van der Waals surface area contributed by atoms with Crippen molar-refractivity contribution in [3.05, 3.63) is 35.5 Å². The Hall–Kier alpha value is -1.81. The molecule has 1 fully saturated rings. The summed E-state index contributed by atoms with van der Waals surface area (Å²) in [5.41, 5.74) is 3.11. The zero-order chi connectivity index (χ0) is 14.3. The molecule has 106 valence electrons. The van der Waals surface area contributed by atoms with Crippen molar-refractivity contribution in [1.82, 2.24) is 9.47 Å². The minimum atomic E-state index is -0.744. The Bertz CT molecular complexity index is 654. The largest absolute Gasteiger partial charge is 0.480 e. The minimum Gasteiger partial charge on any atom is -0.480 e. The molecule has 0 bridgehead atoms. The Morgan fingerprint density at radius 2 is 1.90 bits per heavy atom. The van der Waals surface area contributed by atoms with Crippen LogP contribution in [0.5, 0.6) is 0 Å². The number of fused-ring (bicyclic) bond motifs is 1. The number of carboxylic acids is 1. The van der Waals surface area contributed by atoms with E-state index in [-0.39, 0.29) is 0 Å². The van der Waals surface area contributed by atoms with Crippen LogP contribution < -0.4 is 0 Å². The van der Waals surface area contributed by atoms with Crippen LogP contribution in [0.4, 0.5) is 0 Å². The number of nitrogens with zero attached hydrogens (tertiary/aromatic N) is 2. The number of carboxylic acid groups (broad SMARTS) is 1. The lowest BCUT2D eigenvalue weighted by Gasteiger charge is -2.24. The van der Waals surface area contributed by atoms with Gasteiger partial charge in [-0.1, -0.05) is 18.2 Å². The molecule has 1 atom stereocenters. The third kappa shape index (κ3) is 1.91. The number of aryl methyl sites for hydroxylation is 1. The van der Waals surface area contributed by atoms with Gasteiger partial charge in [0.1, 0.15) is 6.04 Å².